The van der Waals surface area contributed by atoms with Crippen LogP contribution in [0, 0.1) is 6.92 Å². The number of nitrogen functional groups attached to an aromatic ring is 1. The summed E-state index contributed by atoms with van der Waals surface area (Å²) in [6.45, 7) is 3.97. The maximum atomic E-state index is 5.70. The Balaban J connectivity index is 0.00000121. The molecule has 1 aromatic rings. The molecular formula is C9H15ClN2. The fraction of sp³-hybridized carbons (Fsp3) is 0.333. The molecule has 0 spiro atoms. The van der Waals surface area contributed by atoms with E-state index in [1.54, 1.807) is 0 Å². The Morgan fingerprint density at radius 1 is 1.25 bits per heavy atom. The van der Waals surface area contributed by atoms with E-state index in [1.807, 2.05) is 26.0 Å². The molecule has 1 rings (SSSR count). The molecule has 0 heterocycles. The number of rotatable bonds is 1. The van der Waals surface area contributed by atoms with Gasteiger partial charge in [0.15, 0.2) is 0 Å². The molecule has 0 unspecified atom stereocenters. The molecular weight excluding hydrogens is 172 g/mol. The molecule has 0 saturated carbocycles. The quantitative estimate of drug-likeness (QED) is 0.660. The maximum Gasteiger partial charge on any atom is 0.0320 e. The van der Waals surface area contributed by atoms with E-state index < -0.39 is 0 Å². The van der Waals surface area contributed by atoms with Crippen LogP contribution in [0.15, 0.2) is 18.2 Å². The topological polar surface area (TPSA) is 52.0 Å². The van der Waals surface area contributed by atoms with E-state index in [1.165, 1.54) is 0 Å². The molecule has 4 N–H and O–H groups in total. The van der Waals surface area contributed by atoms with Crippen molar-refractivity contribution in [2.45, 2.75) is 19.9 Å². The second kappa shape index (κ2) is 4.33. The number of benzene rings is 1. The molecule has 3 heteroatoms. The van der Waals surface area contributed by atoms with Crippen molar-refractivity contribution in [2.75, 3.05) is 5.73 Å². The van der Waals surface area contributed by atoms with E-state index in [2.05, 4.69) is 6.07 Å². The highest BCUT2D eigenvalue weighted by molar-refractivity contribution is 5.85. The summed E-state index contributed by atoms with van der Waals surface area (Å²) in [4.78, 5) is 0. The first-order valence-corrected chi connectivity index (χ1v) is 3.72. The lowest BCUT2D eigenvalue weighted by Crippen LogP contribution is -2.05. The van der Waals surface area contributed by atoms with Gasteiger partial charge in [-0.25, -0.2) is 0 Å². The highest BCUT2D eigenvalue weighted by Gasteiger charge is 1.99. The van der Waals surface area contributed by atoms with E-state index in [0.29, 0.717) is 0 Å². The third-order valence-electron chi connectivity index (χ3n) is 1.65. The van der Waals surface area contributed by atoms with Crippen molar-refractivity contribution in [3.8, 4) is 0 Å². The first-order chi connectivity index (χ1) is 5.09. The molecule has 0 aliphatic rings. The van der Waals surface area contributed by atoms with Crippen LogP contribution in [0.25, 0.3) is 0 Å². The molecule has 0 aliphatic heterocycles. The zero-order valence-electron chi connectivity index (χ0n) is 7.37. The number of halogens is 1. The van der Waals surface area contributed by atoms with Crippen molar-refractivity contribution < 1.29 is 0 Å². The fourth-order valence-corrected chi connectivity index (χ4v) is 1.11. The number of hydrogen-bond donors (Lipinski definition) is 2. The monoisotopic (exact) mass is 186 g/mol. The van der Waals surface area contributed by atoms with Gasteiger partial charge in [0.05, 0.1) is 0 Å². The normalized spacial score (nSPS) is 11.9. The van der Waals surface area contributed by atoms with Gasteiger partial charge in [-0.05, 0) is 37.1 Å². The predicted octanol–water partition coefficient (Wildman–Crippen LogP) is 2.02. The van der Waals surface area contributed by atoms with Gasteiger partial charge in [0.25, 0.3) is 0 Å². The van der Waals surface area contributed by atoms with Gasteiger partial charge >= 0.3 is 0 Å². The second-order valence-electron chi connectivity index (χ2n) is 2.97. The minimum absolute atomic E-state index is 0. The lowest BCUT2D eigenvalue weighted by Gasteiger charge is -2.07. The van der Waals surface area contributed by atoms with Crippen molar-refractivity contribution in [2.24, 2.45) is 5.73 Å². The molecule has 68 valence electrons. The molecule has 0 aliphatic carbocycles. The summed E-state index contributed by atoms with van der Waals surface area (Å²) >= 11 is 0. The SMILES string of the molecule is Cc1cc(N)cc([C@@H](C)N)c1.Cl. The predicted molar refractivity (Wildman–Crippen MR) is 55.4 cm³/mol. The van der Waals surface area contributed by atoms with Gasteiger partial charge in [0, 0.05) is 11.7 Å². The molecule has 0 saturated heterocycles. The number of anilines is 1. The minimum atomic E-state index is 0. The molecule has 2 nitrogen and oxygen atoms in total. The van der Waals surface area contributed by atoms with Gasteiger partial charge in [-0.15, -0.1) is 12.4 Å². The van der Waals surface area contributed by atoms with Gasteiger partial charge in [-0.3, -0.25) is 0 Å². The Labute approximate surface area is 79.4 Å². The number of nitrogens with two attached hydrogens (primary N) is 2. The fourth-order valence-electron chi connectivity index (χ4n) is 1.11. The summed E-state index contributed by atoms with van der Waals surface area (Å²) in [6, 6.07) is 5.97. The highest BCUT2D eigenvalue weighted by Crippen LogP contribution is 2.15. The van der Waals surface area contributed by atoms with Gasteiger partial charge in [-0.2, -0.15) is 0 Å². The van der Waals surface area contributed by atoms with Crippen molar-refractivity contribution in [1.29, 1.82) is 0 Å². The van der Waals surface area contributed by atoms with Crippen LogP contribution in [0.2, 0.25) is 0 Å². The summed E-state index contributed by atoms with van der Waals surface area (Å²) in [5.74, 6) is 0. The highest BCUT2D eigenvalue weighted by atomic mass is 35.5. The van der Waals surface area contributed by atoms with Crippen LogP contribution < -0.4 is 11.5 Å². The van der Waals surface area contributed by atoms with Crippen LogP contribution >= 0.6 is 12.4 Å². The van der Waals surface area contributed by atoms with Crippen LogP contribution in [-0.4, -0.2) is 0 Å². The molecule has 0 bridgehead atoms. The zero-order chi connectivity index (χ0) is 8.43. The summed E-state index contributed by atoms with van der Waals surface area (Å²) in [5.41, 5.74) is 14.4. The molecule has 0 fully saturated rings. The number of hydrogen-bond acceptors (Lipinski definition) is 2. The maximum absolute atomic E-state index is 5.70. The first kappa shape index (κ1) is 11.3. The van der Waals surface area contributed by atoms with Crippen molar-refractivity contribution in [3.63, 3.8) is 0 Å². The Morgan fingerprint density at radius 2 is 1.83 bits per heavy atom. The van der Waals surface area contributed by atoms with E-state index >= 15 is 0 Å². The Hall–Kier alpha value is -0.730. The molecule has 12 heavy (non-hydrogen) atoms. The van der Waals surface area contributed by atoms with E-state index in [-0.39, 0.29) is 18.4 Å². The third-order valence-corrected chi connectivity index (χ3v) is 1.65. The molecule has 1 atom stereocenters. The van der Waals surface area contributed by atoms with Gasteiger partial charge in [0.2, 0.25) is 0 Å². The van der Waals surface area contributed by atoms with Crippen molar-refractivity contribution in [3.05, 3.63) is 29.3 Å². The van der Waals surface area contributed by atoms with Crippen molar-refractivity contribution in [1.82, 2.24) is 0 Å². The third kappa shape index (κ3) is 2.72. The van der Waals surface area contributed by atoms with Crippen molar-refractivity contribution >= 4 is 18.1 Å². The standard InChI is InChI=1S/C9H14N2.ClH/c1-6-3-8(7(2)10)5-9(11)4-6;/h3-5,7H,10-11H2,1-2H3;1H/t7-;/m1./s1. The first-order valence-electron chi connectivity index (χ1n) is 3.72. The van der Waals surface area contributed by atoms with Gasteiger partial charge in [0.1, 0.15) is 0 Å². The summed E-state index contributed by atoms with van der Waals surface area (Å²) in [6.07, 6.45) is 0. The lowest BCUT2D eigenvalue weighted by molar-refractivity contribution is 0.817. The molecule has 0 radical (unpaired) electrons. The second-order valence-corrected chi connectivity index (χ2v) is 2.97. The van der Waals surface area contributed by atoms with Gasteiger partial charge < -0.3 is 11.5 Å². The molecule has 0 amide bonds. The van der Waals surface area contributed by atoms with Crippen LogP contribution in [0.4, 0.5) is 5.69 Å². The average Bonchev–Trinajstić information content (AvgIpc) is 1.85. The summed E-state index contributed by atoms with van der Waals surface area (Å²) < 4.78 is 0. The Morgan fingerprint density at radius 3 is 2.25 bits per heavy atom. The number of aryl methyl sites for hydroxylation is 1. The summed E-state index contributed by atoms with van der Waals surface area (Å²) in [7, 11) is 0. The van der Waals surface area contributed by atoms with Gasteiger partial charge in [-0.1, -0.05) is 6.07 Å². The largest absolute Gasteiger partial charge is 0.399 e. The van der Waals surface area contributed by atoms with E-state index in [0.717, 1.165) is 16.8 Å². The van der Waals surface area contributed by atoms with Crippen LogP contribution in [-0.2, 0) is 0 Å². The minimum Gasteiger partial charge on any atom is -0.399 e. The average molecular weight is 187 g/mol. The van der Waals surface area contributed by atoms with E-state index in [9.17, 15) is 0 Å². The Bertz CT molecular complexity index is 238. The van der Waals surface area contributed by atoms with Crippen LogP contribution in [0.1, 0.15) is 24.1 Å². The van der Waals surface area contributed by atoms with Crippen LogP contribution in [0.5, 0.6) is 0 Å². The smallest absolute Gasteiger partial charge is 0.0320 e. The van der Waals surface area contributed by atoms with Crippen LogP contribution in [0.3, 0.4) is 0 Å². The lowest BCUT2D eigenvalue weighted by atomic mass is 10.1. The zero-order valence-corrected chi connectivity index (χ0v) is 8.19. The molecule has 0 aromatic heterocycles. The Kier molecular flexibility index (Phi) is 4.07. The summed E-state index contributed by atoms with van der Waals surface area (Å²) in [5, 5.41) is 0. The molecule has 1 aromatic carbocycles. The van der Waals surface area contributed by atoms with E-state index in [4.69, 9.17) is 11.5 Å².